The Bertz CT molecular complexity index is 287. The van der Waals surface area contributed by atoms with Gasteiger partial charge >= 0.3 is 0 Å². The number of aryl methyl sites for hydroxylation is 1. The van der Waals surface area contributed by atoms with Crippen LogP contribution in [0, 0.1) is 0 Å². The quantitative estimate of drug-likeness (QED) is 0.708. The molecule has 0 amide bonds. The highest BCUT2D eigenvalue weighted by molar-refractivity contribution is 4.99. The summed E-state index contributed by atoms with van der Waals surface area (Å²) in [7, 11) is 4.24. The molecule has 0 aliphatic heterocycles. The molecule has 92 valence electrons. The molecule has 0 saturated carbocycles. The Hall–Kier alpha value is -0.830. The van der Waals surface area contributed by atoms with Gasteiger partial charge in [-0.25, -0.2) is 4.98 Å². The molecule has 1 aromatic rings. The Labute approximate surface area is 99.5 Å². The standard InChI is InChI=1S/C13H25N3/c1-5-12(6-2)13-14-8-11-16(13)10-7-9-15(3)4/h8,11-12H,5-7,9-10H2,1-4H3. The van der Waals surface area contributed by atoms with Crippen LogP contribution < -0.4 is 0 Å². The summed E-state index contributed by atoms with van der Waals surface area (Å²) in [5.41, 5.74) is 0. The van der Waals surface area contributed by atoms with Crippen LogP contribution in [0.5, 0.6) is 0 Å². The molecule has 0 spiro atoms. The molecule has 3 heteroatoms. The van der Waals surface area contributed by atoms with Gasteiger partial charge in [0.15, 0.2) is 0 Å². The first kappa shape index (κ1) is 13.2. The molecule has 0 fully saturated rings. The molecule has 0 unspecified atom stereocenters. The van der Waals surface area contributed by atoms with Crippen LogP contribution in [0.2, 0.25) is 0 Å². The van der Waals surface area contributed by atoms with Crippen LogP contribution in [0.15, 0.2) is 12.4 Å². The summed E-state index contributed by atoms with van der Waals surface area (Å²) in [6, 6.07) is 0. The van der Waals surface area contributed by atoms with Gasteiger partial charge in [-0.05, 0) is 39.9 Å². The summed E-state index contributed by atoms with van der Waals surface area (Å²) < 4.78 is 2.32. The van der Waals surface area contributed by atoms with Crippen molar-refractivity contribution in [3.05, 3.63) is 18.2 Å². The van der Waals surface area contributed by atoms with Crippen LogP contribution in [-0.4, -0.2) is 35.1 Å². The van der Waals surface area contributed by atoms with Gasteiger partial charge in [0, 0.05) is 24.9 Å². The van der Waals surface area contributed by atoms with Crippen LogP contribution in [0.25, 0.3) is 0 Å². The lowest BCUT2D eigenvalue weighted by Gasteiger charge is -2.16. The maximum atomic E-state index is 4.51. The normalized spacial score (nSPS) is 11.6. The van der Waals surface area contributed by atoms with Crippen LogP contribution >= 0.6 is 0 Å². The first-order chi connectivity index (χ1) is 7.69. The summed E-state index contributed by atoms with van der Waals surface area (Å²) >= 11 is 0. The van der Waals surface area contributed by atoms with Gasteiger partial charge < -0.3 is 9.47 Å². The first-order valence-electron chi connectivity index (χ1n) is 6.34. The van der Waals surface area contributed by atoms with Crippen molar-refractivity contribution >= 4 is 0 Å². The van der Waals surface area contributed by atoms with Crippen LogP contribution in [0.3, 0.4) is 0 Å². The highest BCUT2D eigenvalue weighted by Crippen LogP contribution is 2.21. The second-order valence-electron chi connectivity index (χ2n) is 4.65. The zero-order chi connectivity index (χ0) is 12.0. The topological polar surface area (TPSA) is 21.1 Å². The zero-order valence-corrected chi connectivity index (χ0v) is 11.1. The highest BCUT2D eigenvalue weighted by Gasteiger charge is 2.12. The van der Waals surface area contributed by atoms with Crippen LogP contribution in [-0.2, 0) is 6.54 Å². The molecule has 0 radical (unpaired) electrons. The van der Waals surface area contributed by atoms with Crippen LogP contribution in [0.1, 0.15) is 44.9 Å². The molecule has 0 aliphatic rings. The third-order valence-corrected chi connectivity index (χ3v) is 3.10. The monoisotopic (exact) mass is 223 g/mol. The Morgan fingerprint density at radius 3 is 2.56 bits per heavy atom. The highest BCUT2D eigenvalue weighted by atomic mass is 15.1. The molecule has 1 heterocycles. The predicted molar refractivity (Wildman–Crippen MR) is 68.7 cm³/mol. The van der Waals surface area contributed by atoms with E-state index in [2.05, 4.69) is 48.6 Å². The average molecular weight is 223 g/mol. The minimum absolute atomic E-state index is 0.620. The van der Waals surface area contributed by atoms with Gasteiger partial charge in [0.2, 0.25) is 0 Å². The first-order valence-corrected chi connectivity index (χ1v) is 6.34. The van der Waals surface area contributed by atoms with Crippen molar-refractivity contribution in [1.82, 2.24) is 14.5 Å². The number of imidazole rings is 1. The van der Waals surface area contributed by atoms with Gasteiger partial charge in [0.1, 0.15) is 5.82 Å². The van der Waals surface area contributed by atoms with Crippen molar-refractivity contribution in [2.45, 2.75) is 45.6 Å². The van der Waals surface area contributed by atoms with E-state index in [0.717, 1.165) is 13.1 Å². The Morgan fingerprint density at radius 2 is 2.00 bits per heavy atom. The lowest BCUT2D eigenvalue weighted by Crippen LogP contribution is -2.16. The van der Waals surface area contributed by atoms with E-state index in [9.17, 15) is 0 Å². The second kappa shape index (κ2) is 6.69. The molecule has 1 aromatic heterocycles. The molecule has 0 aromatic carbocycles. The molecule has 1 rings (SSSR count). The molecule has 16 heavy (non-hydrogen) atoms. The number of hydrogen-bond acceptors (Lipinski definition) is 2. The van der Waals surface area contributed by atoms with Gasteiger partial charge in [-0.3, -0.25) is 0 Å². The van der Waals surface area contributed by atoms with Gasteiger partial charge in [-0.2, -0.15) is 0 Å². The van der Waals surface area contributed by atoms with E-state index in [4.69, 9.17) is 0 Å². The van der Waals surface area contributed by atoms with Gasteiger partial charge in [-0.1, -0.05) is 13.8 Å². The maximum absolute atomic E-state index is 4.51. The number of rotatable bonds is 7. The predicted octanol–water partition coefficient (Wildman–Crippen LogP) is 2.74. The summed E-state index contributed by atoms with van der Waals surface area (Å²) in [6.07, 6.45) is 7.60. The molecule has 0 bridgehead atoms. The lowest BCUT2D eigenvalue weighted by molar-refractivity contribution is 0.382. The van der Waals surface area contributed by atoms with Crippen molar-refractivity contribution in [2.24, 2.45) is 0 Å². The second-order valence-corrected chi connectivity index (χ2v) is 4.65. The molecule has 0 aliphatic carbocycles. The van der Waals surface area contributed by atoms with E-state index in [-0.39, 0.29) is 0 Å². The molecular formula is C13H25N3. The minimum Gasteiger partial charge on any atom is -0.335 e. The smallest absolute Gasteiger partial charge is 0.111 e. The summed E-state index contributed by atoms with van der Waals surface area (Å²) in [5, 5.41) is 0. The fourth-order valence-corrected chi connectivity index (χ4v) is 2.08. The number of aromatic nitrogens is 2. The molecule has 0 atom stereocenters. The largest absolute Gasteiger partial charge is 0.335 e. The zero-order valence-electron chi connectivity index (χ0n) is 11.1. The van der Waals surface area contributed by atoms with Crippen molar-refractivity contribution in [1.29, 1.82) is 0 Å². The summed E-state index contributed by atoms with van der Waals surface area (Å²) in [4.78, 5) is 6.74. The van der Waals surface area contributed by atoms with E-state index in [1.54, 1.807) is 0 Å². The molecule has 3 nitrogen and oxygen atoms in total. The Balaban J connectivity index is 2.56. The lowest BCUT2D eigenvalue weighted by atomic mass is 10.0. The fraction of sp³-hybridized carbons (Fsp3) is 0.769. The van der Waals surface area contributed by atoms with E-state index in [1.165, 1.54) is 25.1 Å². The van der Waals surface area contributed by atoms with E-state index in [0.29, 0.717) is 5.92 Å². The van der Waals surface area contributed by atoms with Crippen molar-refractivity contribution in [3.8, 4) is 0 Å². The Kier molecular flexibility index (Phi) is 5.53. The number of hydrogen-bond donors (Lipinski definition) is 0. The van der Waals surface area contributed by atoms with Gasteiger partial charge in [0.05, 0.1) is 0 Å². The third kappa shape index (κ3) is 3.63. The molecule has 0 N–H and O–H groups in total. The van der Waals surface area contributed by atoms with Gasteiger partial charge in [-0.15, -0.1) is 0 Å². The van der Waals surface area contributed by atoms with Crippen molar-refractivity contribution < 1.29 is 0 Å². The van der Waals surface area contributed by atoms with E-state index < -0.39 is 0 Å². The minimum atomic E-state index is 0.620. The summed E-state index contributed by atoms with van der Waals surface area (Å²) in [6.45, 7) is 6.71. The van der Waals surface area contributed by atoms with Crippen molar-refractivity contribution in [3.63, 3.8) is 0 Å². The average Bonchev–Trinajstić information content (AvgIpc) is 2.68. The SMILES string of the molecule is CCC(CC)c1nccn1CCCN(C)C. The van der Waals surface area contributed by atoms with E-state index >= 15 is 0 Å². The molecule has 0 saturated heterocycles. The van der Waals surface area contributed by atoms with Crippen LogP contribution in [0.4, 0.5) is 0 Å². The maximum Gasteiger partial charge on any atom is 0.111 e. The fourth-order valence-electron chi connectivity index (χ4n) is 2.08. The summed E-state index contributed by atoms with van der Waals surface area (Å²) in [5.74, 6) is 1.89. The van der Waals surface area contributed by atoms with Gasteiger partial charge in [0.25, 0.3) is 0 Å². The van der Waals surface area contributed by atoms with Crippen molar-refractivity contribution in [2.75, 3.05) is 20.6 Å². The molecular weight excluding hydrogens is 198 g/mol. The van der Waals surface area contributed by atoms with E-state index in [1.807, 2.05) is 6.20 Å². The Morgan fingerprint density at radius 1 is 1.31 bits per heavy atom. The number of nitrogens with zero attached hydrogens (tertiary/aromatic N) is 3. The third-order valence-electron chi connectivity index (χ3n) is 3.10.